The van der Waals surface area contributed by atoms with Crippen LogP contribution in [0.1, 0.15) is 32.6 Å². The van der Waals surface area contributed by atoms with E-state index in [4.69, 9.17) is 18.8 Å². The van der Waals surface area contributed by atoms with Crippen molar-refractivity contribution < 1.29 is 23.9 Å². The molecule has 0 radical (unpaired) electrons. The molecule has 7 heteroatoms. The van der Waals surface area contributed by atoms with Gasteiger partial charge in [-0.25, -0.2) is 0 Å². The summed E-state index contributed by atoms with van der Waals surface area (Å²) >= 11 is 1.46. The molecule has 0 spiro atoms. The summed E-state index contributed by atoms with van der Waals surface area (Å²) in [6.07, 6.45) is 0. The summed E-state index contributed by atoms with van der Waals surface area (Å²) in [4.78, 5) is 0.779. The van der Waals surface area contributed by atoms with Gasteiger partial charge in [0.2, 0.25) is 0 Å². The third-order valence-electron chi connectivity index (χ3n) is 4.53. The molecular weight excluding hydrogens is 291 g/mol. The molecule has 3 rings (SSSR count). The summed E-state index contributed by atoms with van der Waals surface area (Å²) < 4.78 is 23.5. The van der Waals surface area contributed by atoms with Gasteiger partial charge in [-0.3, -0.25) is 0 Å². The highest BCUT2D eigenvalue weighted by molar-refractivity contribution is 7.22. The van der Waals surface area contributed by atoms with E-state index in [9.17, 15) is 5.11 Å². The van der Waals surface area contributed by atoms with E-state index in [2.05, 4.69) is 0 Å². The SMILES string of the molecule is COc1cc(B2OC(C)(C)C(C)(C)O2)sc1C1(O)COC1. The van der Waals surface area contributed by atoms with E-state index in [0.29, 0.717) is 19.0 Å². The van der Waals surface area contributed by atoms with Crippen molar-refractivity contribution >= 4 is 23.2 Å². The minimum atomic E-state index is -0.947. The second kappa shape index (κ2) is 4.70. The molecule has 5 nitrogen and oxygen atoms in total. The zero-order chi connectivity index (χ0) is 15.5. The van der Waals surface area contributed by atoms with Crippen molar-refractivity contribution in [3.05, 3.63) is 10.9 Å². The van der Waals surface area contributed by atoms with Crippen LogP contribution in [0.2, 0.25) is 0 Å². The van der Waals surface area contributed by atoms with Gasteiger partial charge in [-0.1, -0.05) is 0 Å². The third-order valence-corrected chi connectivity index (χ3v) is 5.86. The van der Waals surface area contributed by atoms with Crippen LogP contribution in [0.3, 0.4) is 0 Å². The summed E-state index contributed by atoms with van der Waals surface area (Å²) in [6, 6.07) is 1.89. The average molecular weight is 312 g/mol. The molecule has 0 aliphatic carbocycles. The maximum atomic E-state index is 10.5. The Morgan fingerprint density at radius 3 is 2.19 bits per heavy atom. The number of rotatable bonds is 3. The van der Waals surface area contributed by atoms with E-state index >= 15 is 0 Å². The molecule has 0 unspecified atom stereocenters. The van der Waals surface area contributed by atoms with Crippen molar-refractivity contribution in [2.24, 2.45) is 0 Å². The lowest BCUT2D eigenvalue weighted by Gasteiger charge is -2.35. The van der Waals surface area contributed by atoms with Crippen molar-refractivity contribution in [2.75, 3.05) is 20.3 Å². The molecule has 0 aromatic carbocycles. The third kappa shape index (κ3) is 2.31. The van der Waals surface area contributed by atoms with Gasteiger partial charge in [-0.15, -0.1) is 11.3 Å². The molecule has 116 valence electrons. The average Bonchev–Trinajstić information content (AvgIpc) is 2.86. The molecule has 0 amide bonds. The molecule has 1 aromatic heterocycles. The first kappa shape index (κ1) is 15.3. The van der Waals surface area contributed by atoms with Crippen LogP contribution >= 0.6 is 11.3 Å². The largest absolute Gasteiger partial charge is 0.505 e. The second-order valence-corrected chi connectivity index (χ2v) is 7.74. The molecule has 0 bridgehead atoms. The van der Waals surface area contributed by atoms with Crippen LogP contribution in [0, 0.1) is 0 Å². The quantitative estimate of drug-likeness (QED) is 0.852. The smallest absolute Gasteiger partial charge is 0.495 e. The number of hydrogen-bond donors (Lipinski definition) is 1. The number of ether oxygens (including phenoxy) is 2. The van der Waals surface area contributed by atoms with Crippen molar-refractivity contribution in [1.82, 2.24) is 0 Å². The Kier molecular flexibility index (Phi) is 3.42. The summed E-state index contributed by atoms with van der Waals surface area (Å²) in [6.45, 7) is 8.68. The van der Waals surface area contributed by atoms with Crippen molar-refractivity contribution in [1.29, 1.82) is 0 Å². The van der Waals surface area contributed by atoms with Crippen LogP contribution in [0.15, 0.2) is 6.07 Å². The van der Waals surface area contributed by atoms with Crippen molar-refractivity contribution in [3.63, 3.8) is 0 Å². The fourth-order valence-electron chi connectivity index (χ4n) is 2.37. The van der Waals surface area contributed by atoms with Gasteiger partial charge in [0.25, 0.3) is 0 Å². The number of methoxy groups -OCH3 is 1. The number of thiophene rings is 1. The van der Waals surface area contributed by atoms with Crippen LogP contribution < -0.4 is 9.51 Å². The van der Waals surface area contributed by atoms with Crippen LogP contribution in [-0.2, 0) is 19.6 Å². The van der Waals surface area contributed by atoms with Gasteiger partial charge in [-0.2, -0.15) is 0 Å². The molecule has 2 aliphatic heterocycles. The molecule has 3 heterocycles. The summed E-state index contributed by atoms with van der Waals surface area (Å²) in [5, 5.41) is 10.5. The Bertz CT molecular complexity index is 534. The number of hydrogen-bond acceptors (Lipinski definition) is 6. The standard InChI is InChI=1S/C14H21BO5S/c1-12(2)13(3,4)20-15(19-12)10-6-9(17-5)11(21-10)14(16)7-18-8-14/h6,16H,7-8H2,1-5H3. The predicted molar refractivity (Wildman–Crippen MR) is 81.3 cm³/mol. The minimum Gasteiger partial charge on any atom is -0.495 e. The van der Waals surface area contributed by atoms with Gasteiger partial charge in [0, 0.05) is 4.78 Å². The highest BCUT2D eigenvalue weighted by Crippen LogP contribution is 2.41. The lowest BCUT2D eigenvalue weighted by molar-refractivity contribution is -0.183. The van der Waals surface area contributed by atoms with Gasteiger partial charge in [-0.05, 0) is 33.8 Å². The molecule has 2 fully saturated rings. The fraction of sp³-hybridized carbons (Fsp3) is 0.714. The molecule has 2 aliphatic rings. The molecular formula is C14H21BO5S. The molecule has 0 saturated carbocycles. The van der Waals surface area contributed by atoms with Gasteiger partial charge in [0.1, 0.15) is 11.4 Å². The predicted octanol–water partition coefficient (Wildman–Crippen LogP) is 1.27. The Morgan fingerprint density at radius 2 is 1.76 bits per heavy atom. The molecule has 0 atom stereocenters. The van der Waals surface area contributed by atoms with Crippen molar-refractivity contribution in [2.45, 2.75) is 44.5 Å². The zero-order valence-electron chi connectivity index (χ0n) is 13.1. The van der Waals surface area contributed by atoms with Crippen LogP contribution in [0.25, 0.3) is 0 Å². The maximum Gasteiger partial charge on any atom is 0.505 e. The maximum absolute atomic E-state index is 10.5. The normalized spacial score (nSPS) is 25.7. The lowest BCUT2D eigenvalue weighted by atomic mass is 9.87. The van der Waals surface area contributed by atoms with E-state index < -0.39 is 12.7 Å². The molecule has 1 aromatic rings. The van der Waals surface area contributed by atoms with Gasteiger partial charge in [0.05, 0.1) is 36.4 Å². The topological polar surface area (TPSA) is 57.2 Å². The second-order valence-electron chi connectivity index (χ2n) is 6.66. The Balaban J connectivity index is 1.91. The van der Waals surface area contributed by atoms with Crippen LogP contribution in [-0.4, -0.2) is 43.8 Å². The van der Waals surface area contributed by atoms with E-state index in [1.54, 1.807) is 7.11 Å². The first-order valence-electron chi connectivity index (χ1n) is 7.02. The highest BCUT2D eigenvalue weighted by atomic mass is 32.1. The van der Waals surface area contributed by atoms with Crippen LogP contribution in [0.5, 0.6) is 5.75 Å². The van der Waals surface area contributed by atoms with Gasteiger partial charge < -0.3 is 23.9 Å². The molecule has 21 heavy (non-hydrogen) atoms. The summed E-state index contributed by atoms with van der Waals surface area (Å²) in [5.41, 5.74) is -1.71. The zero-order valence-corrected chi connectivity index (χ0v) is 13.9. The van der Waals surface area contributed by atoms with Gasteiger partial charge >= 0.3 is 7.12 Å². The number of aliphatic hydroxyl groups is 1. The van der Waals surface area contributed by atoms with E-state index in [-0.39, 0.29) is 11.2 Å². The minimum absolute atomic E-state index is 0.298. The van der Waals surface area contributed by atoms with Crippen LogP contribution in [0.4, 0.5) is 0 Å². The molecule has 1 N–H and O–H groups in total. The first-order chi connectivity index (χ1) is 9.68. The summed E-state index contributed by atoms with van der Waals surface area (Å²) in [5.74, 6) is 0.663. The fourth-order valence-corrected chi connectivity index (χ4v) is 3.51. The summed E-state index contributed by atoms with van der Waals surface area (Å²) in [7, 11) is 1.16. The van der Waals surface area contributed by atoms with E-state index in [0.717, 1.165) is 9.65 Å². The Labute approximate surface area is 129 Å². The van der Waals surface area contributed by atoms with E-state index in [1.165, 1.54) is 11.3 Å². The first-order valence-corrected chi connectivity index (χ1v) is 7.84. The Morgan fingerprint density at radius 1 is 1.19 bits per heavy atom. The van der Waals surface area contributed by atoms with Crippen molar-refractivity contribution in [3.8, 4) is 5.75 Å². The lowest BCUT2D eigenvalue weighted by Crippen LogP contribution is -2.46. The monoisotopic (exact) mass is 312 g/mol. The van der Waals surface area contributed by atoms with E-state index in [1.807, 2.05) is 33.8 Å². The Hall–Kier alpha value is -0.595. The highest BCUT2D eigenvalue weighted by Gasteiger charge is 2.53. The molecule has 2 saturated heterocycles. The van der Waals surface area contributed by atoms with Gasteiger partial charge in [0.15, 0.2) is 0 Å².